The van der Waals surface area contributed by atoms with Gasteiger partial charge >= 0.3 is 5.97 Å². The van der Waals surface area contributed by atoms with E-state index in [2.05, 4.69) is 66.7 Å². The predicted octanol–water partition coefficient (Wildman–Crippen LogP) is 4.85. The molecule has 0 amide bonds. The van der Waals surface area contributed by atoms with Crippen LogP contribution in [0.5, 0.6) is 0 Å². The van der Waals surface area contributed by atoms with Crippen LogP contribution in [0.15, 0.2) is 78.4 Å². The highest BCUT2D eigenvalue weighted by atomic mass is 16.5. The Hall–Kier alpha value is -2.61. The zero-order valence-electron chi connectivity index (χ0n) is 14.8. The number of fused-ring (bicyclic) bond motifs is 5. The molecule has 3 aliphatic rings. The lowest BCUT2D eigenvalue weighted by atomic mass is 9.61. The summed E-state index contributed by atoms with van der Waals surface area (Å²) in [5.74, 6) is 1.94. The van der Waals surface area contributed by atoms with Crippen molar-refractivity contribution in [1.29, 1.82) is 0 Å². The summed E-state index contributed by atoms with van der Waals surface area (Å²) < 4.78 is 5.43. The van der Waals surface area contributed by atoms with Gasteiger partial charge in [-0.05, 0) is 47.3 Å². The fraction of sp³-hybridized carbons (Fsp3) is 0.292. The van der Waals surface area contributed by atoms with E-state index in [1.54, 1.807) is 0 Å². The first-order chi connectivity index (χ1) is 12.8. The minimum atomic E-state index is -0.125. The van der Waals surface area contributed by atoms with E-state index in [9.17, 15) is 4.79 Å². The predicted molar refractivity (Wildman–Crippen MR) is 102 cm³/mol. The van der Waals surface area contributed by atoms with E-state index in [1.807, 2.05) is 13.0 Å². The van der Waals surface area contributed by atoms with Gasteiger partial charge in [-0.1, -0.05) is 72.8 Å². The number of allylic oxidation sites excluding steroid dienone is 3. The summed E-state index contributed by atoms with van der Waals surface area (Å²) in [5.41, 5.74) is 4.69. The molecule has 0 saturated heterocycles. The highest BCUT2D eigenvalue weighted by Gasteiger charge is 2.61. The average Bonchev–Trinajstić information content (AvgIpc) is 3.16. The Morgan fingerprint density at radius 3 is 2.12 bits per heavy atom. The molecule has 5 atom stereocenters. The van der Waals surface area contributed by atoms with Crippen molar-refractivity contribution in [2.24, 2.45) is 23.7 Å². The zero-order chi connectivity index (χ0) is 17.7. The standard InChI is InChI=1S/C24H22O2/c1-2-26-24(25)23-20(16-11-7-4-8-12-16)21-17-13-14-18(22(21)23)19(17)15-9-5-3-6-10-15/h3-14,17-19,21-22H,2H2,1H3/t17-,18+,19+,21-,22-/m0/s1. The van der Waals surface area contributed by atoms with Crippen molar-refractivity contribution in [3.63, 3.8) is 0 Å². The molecule has 0 N–H and O–H groups in total. The lowest BCUT2D eigenvalue weighted by Gasteiger charge is -2.42. The van der Waals surface area contributed by atoms with Crippen LogP contribution in [0.25, 0.3) is 5.57 Å². The fourth-order valence-corrected chi connectivity index (χ4v) is 5.46. The smallest absolute Gasteiger partial charge is 0.334 e. The van der Waals surface area contributed by atoms with Crippen LogP contribution in [0.4, 0.5) is 0 Å². The molecule has 0 unspecified atom stereocenters. The van der Waals surface area contributed by atoms with Gasteiger partial charge in [0.15, 0.2) is 0 Å². The van der Waals surface area contributed by atoms with E-state index < -0.39 is 0 Å². The van der Waals surface area contributed by atoms with Crippen LogP contribution in [-0.4, -0.2) is 12.6 Å². The molecule has 3 aliphatic carbocycles. The van der Waals surface area contributed by atoms with Gasteiger partial charge in [-0.3, -0.25) is 0 Å². The number of carbonyl (C=O) groups is 1. The number of benzene rings is 2. The first-order valence-electron chi connectivity index (χ1n) is 9.51. The van der Waals surface area contributed by atoms with Crippen molar-refractivity contribution in [3.05, 3.63) is 89.5 Å². The van der Waals surface area contributed by atoms with Gasteiger partial charge in [0, 0.05) is 11.5 Å². The van der Waals surface area contributed by atoms with Crippen LogP contribution in [0.3, 0.4) is 0 Å². The van der Waals surface area contributed by atoms with Crippen molar-refractivity contribution < 1.29 is 9.53 Å². The number of esters is 1. The second-order valence-electron chi connectivity index (χ2n) is 7.44. The summed E-state index contributed by atoms with van der Waals surface area (Å²) in [6, 6.07) is 21.1. The monoisotopic (exact) mass is 342 g/mol. The molecular weight excluding hydrogens is 320 g/mol. The maximum Gasteiger partial charge on any atom is 0.334 e. The summed E-state index contributed by atoms with van der Waals surface area (Å²) >= 11 is 0. The summed E-state index contributed by atoms with van der Waals surface area (Å²) in [7, 11) is 0. The highest BCUT2D eigenvalue weighted by Crippen LogP contribution is 2.68. The topological polar surface area (TPSA) is 26.3 Å². The SMILES string of the molecule is CCOC(=O)C1=C(c2ccccc2)[C@@H]2[C@H]3C=C[C@@H]([C@H]12)[C@@H]3c1ccccc1. The van der Waals surface area contributed by atoms with Gasteiger partial charge in [-0.25, -0.2) is 4.79 Å². The highest BCUT2D eigenvalue weighted by molar-refractivity contribution is 6.03. The third kappa shape index (κ3) is 2.08. The van der Waals surface area contributed by atoms with E-state index in [-0.39, 0.29) is 5.97 Å². The van der Waals surface area contributed by atoms with Gasteiger partial charge in [-0.15, -0.1) is 0 Å². The van der Waals surface area contributed by atoms with Gasteiger partial charge < -0.3 is 4.74 Å². The molecule has 2 aromatic rings. The molecule has 2 heteroatoms. The molecule has 0 aliphatic heterocycles. The van der Waals surface area contributed by atoms with E-state index in [1.165, 1.54) is 16.7 Å². The molecule has 0 aromatic heterocycles. The van der Waals surface area contributed by atoms with Gasteiger partial charge in [0.25, 0.3) is 0 Å². The molecule has 2 nitrogen and oxygen atoms in total. The van der Waals surface area contributed by atoms with Crippen LogP contribution >= 0.6 is 0 Å². The Morgan fingerprint density at radius 2 is 1.46 bits per heavy atom. The first kappa shape index (κ1) is 15.6. The van der Waals surface area contributed by atoms with Crippen LogP contribution in [-0.2, 0) is 9.53 Å². The minimum Gasteiger partial charge on any atom is -0.463 e. The number of hydrogen-bond acceptors (Lipinski definition) is 2. The van der Waals surface area contributed by atoms with E-state index in [0.29, 0.717) is 36.2 Å². The first-order valence-corrected chi connectivity index (χ1v) is 9.51. The van der Waals surface area contributed by atoms with Crippen LogP contribution in [0, 0.1) is 23.7 Å². The van der Waals surface area contributed by atoms with Crippen molar-refractivity contribution in [2.45, 2.75) is 12.8 Å². The summed E-state index contributed by atoms with van der Waals surface area (Å²) in [6.45, 7) is 2.30. The van der Waals surface area contributed by atoms with E-state index in [0.717, 1.165) is 5.57 Å². The summed E-state index contributed by atoms with van der Waals surface area (Å²) in [5, 5.41) is 0. The van der Waals surface area contributed by atoms with Crippen molar-refractivity contribution in [3.8, 4) is 0 Å². The maximum atomic E-state index is 12.8. The van der Waals surface area contributed by atoms with Gasteiger partial charge in [-0.2, -0.15) is 0 Å². The van der Waals surface area contributed by atoms with Crippen LogP contribution < -0.4 is 0 Å². The zero-order valence-corrected chi connectivity index (χ0v) is 14.8. The number of rotatable bonds is 4. The molecule has 2 aromatic carbocycles. The Labute approximate surface area is 154 Å². The second-order valence-corrected chi connectivity index (χ2v) is 7.44. The average molecular weight is 342 g/mol. The van der Waals surface area contributed by atoms with Crippen LogP contribution in [0.1, 0.15) is 24.0 Å². The number of carbonyl (C=O) groups excluding carboxylic acids is 1. The molecule has 0 spiro atoms. The van der Waals surface area contributed by atoms with Gasteiger partial charge in [0.05, 0.1) is 6.61 Å². The largest absolute Gasteiger partial charge is 0.463 e. The molecule has 0 heterocycles. The Balaban J connectivity index is 1.59. The third-order valence-electron chi connectivity index (χ3n) is 6.32. The maximum absolute atomic E-state index is 12.8. The molecule has 5 rings (SSSR count). The Morgan fingerprint density at radius 1 is 0.846 bits per heavy atom. The molecule has 0 radical (unpaired) electrons. The minimum absolute atomic E-state index is 0.125. The second kappa shape index (κ2) is 5.98. The molecule has 1 saturated carbocycles. The third-order valence-corrected chi connectivity index (χ3v) is 6.32. The lowest BCUT2D eigenvalue weighted by Crippen LogP contribution is -2.37. The molecule has 130 valence electrons. The van der Waals surface area contributed by atoms with E-state index >= 15 is 0 Å². The molecule has 26 heavy (non-hydrogen) atoms. The molecule has 1 fully saturated rings. The van der Waals surface area contributed by atoms with Crippen LogP contribution in [0.2, 0.25) is 0 Å². The van der Waals surface area contributed by atoms with Crippen molar-refractivity contribution in [2.75, 3.05) is 6.61 Å². The Bertz CT molecular complexity index is 894. The van der Waals surface area contributed by atoms with Crippen molar-refractivity contribution in [1.82, 2.24) is 0 Å². The quantitative estimate of drug-likeness (QED) is 0.586. The van der Waals surface area contributed by atoms with E-state index in [4.69, 9.17) is 4.74 Å². The lowest BCUT2D eigenvalue weighted by molar-refractivity contribution is -0.139. The fourth-order valence-electron chi connectivity index (χ4n) is 5.46. The number of hydrogen-bond donors (Lipinski definition) is 0. The molecule has 2 bridgehead atoms. The van der Waals surface area contributed by atoms with Crippen molar-refractivity contribution >= 4 is 11.5 Å². The van der Waals surface area contributed by atoms with Gasteiger partial charge in [0.2, 0.25) is 0 Å². The summed E-state index contributed by atoms with van der Waals surface area (Å²) in [6.07, 6.45) is 4.72. The normalized spacial score (nSPS) is 30.9. The Kier molecular flexibility index (Phi) is 3.59. The number of ether oxygens (including phenoxy) is 1. The van der Waals surface area contributed by atoms with Gasteiger partial charge in [0.1, 0.15) is 0 Å². The molecular formula is C24H22O2. The summed E-state index contributed by atoms with van der Waals surface area (Å²) in [4.78, 5) is 12.8.